The van der Waals surface area contributed by atoms with Crippen LogP contribution in [0.15, 0.2) is 18.2 Å². The van der Waals surface area contributed by atoms with Gasteiger partial charge >= 0.3 is 0 Å². The molecule has 1 unspecified atom stereocenters. The zero-order chi connectivity index (χ0) is 18.2. The van der Waals surface area contributed by atoms with Gasteiger partial charge in [0.15, 0.2) is 6.61 Å². The molecule has 0 spiro atoms. The van der Waals surface area contributed by atoms with Crippen molar-refractivity contribution >= 4 is 35.0 Å². The zero-order valence-electron chi connectivity index (χ0n) is 14.1. The highest BCUT2D eigenvalue weighted by molar-refractivity contribution is 6.35. The molecule has 2 rings (SSSR count). The number of ether oxygens (including phenoxy) is 2. The van der Waals surface area contributed by atoms with E-state index < -0.39 is 0 Å². The normalized spacial score (nSPS) is 16.5. The maximum Gasteiger partial charge on any atom is 0.258 e. The lowest BCUT2D eigenvalue weighted by Gasteiger charge is -2.24. The second kappa shape index (κ2) is 9.85. The van der Waals surface area contributed by atoms with Gasteiger partial charge in [0.2, 0.25) is 5.91 Å². The Morgan fingerprint density at radius 2 is 2.20 bits per heavy atom. The first kappa shape index (κ1) is 19.8. The van der Waals surface area contributed by atoms with E-state index in [-0.39, 0.29) is 24.5 Å². The van der Waals surface area contributed by atoms with Crippen molar-refractivity contribution in [3.63, 3.8) is 0 Å². The number of hydrogen-bond acceptors (Lipinski definition) is 4. The Hall–Kier alpha value is -1.50. The fourth-order valence-electron chi connectivity index (χ4n) is 2.53. The number of rotatable bonds is 8. The van der Waals surface area contributed by atoms with Gasteiger partial charge in [0, 0.05) is 38.2 Å². The maximum absolute atomic E-state index is 11.9. The molecule has 0 radical (unpaired) electrons. The van der Waals surface area contributed by atoms with Crippen molar-refractivity contribution in [2.24, 2.45) is 0 Å². The number of nitrogens with one attached hydrogen (secondary N) is 1. The molecule has 1 saturated heterocycles. The van der Waals surface area contributed by atoms with Gasteiger partial charge in [-0.25, -0.2) is 0 Å². The van der Waals surface area contributed by atoms with E-state index in [1.54, 1.807) is 23.1 Å². The first-order valence-electron chi connectivity index (χ1n) is 8.17. The number of hydrogen-bond donors (Lipinski definition) is 1. The Kier molecular flexibility index (Phi) is 7.81. The van der Waals surface area contributed by atoms with E-state index in [1.807, 2.05) is 0 Å². The molecule has 1 aromatic carbocycles. The van der Waals surface area contributed by atoms with E-state index in [0.717, 1.165) is 19.4 Å². The van der Waals surface area contributed by atoms with Crippen LogP contribution >= 0.6 is 23.2 Å². The van der Waals surface area contributed by atoms with Crippen LogP contribution in [-0.4, -0.2) is 55.7 Å². The summed E-state index contributed by atoms with van der Waals surface area (Å²) in [5.41, 5.74) is 0. The third-order valence-corrected chi connectivity index (χ3v) is 4.38. The Bertz CT molecular complexity index is 606. The topological polar surface area (TPSA) is 67.9 Å². The second-order valence-corrected chi connectivity index (χ2v) is 6.66. The summed E-state index contributed by atoms with van der Waals surface area (Å²) in [7, 11) is 0. The summed E-state index contributed by atoms with van der Waals surface area (Å²) < 4.78 is 10.9. The average Bonchev–Trinajstić information content (AvgIpc) is 3.06. The lowest BCUT2D eigenvalue weighted by molar-refractivity contribution is -0.131. The third kappa shape index (κ3) is 6.72. The second-order valence-electron chi connectivity index (χ2n) is 5.81. The SMILES string of the molecule is CC(=O)N(CCNC(=O)COc1ccc(Cl)cc1Cl)CC1CCCO1. The van der Waals surface area contributed by atoms with Gasteiger partial charge < -0.3 is 19.7 Å². The van der Waals surface area contributed by atoms with Crippen LogP contribution in [0, 0.1) is 0 Å². The quantitative estimate of drug-likeness (QED) is 0.742. The Morgan fingerprint density at radius 3 is 2.84 bits per heavy atom. The van der Waals surface area contributed by atoms with Crippen molar-refractivity contribution in [1.82, 2.24) is 10.2 Å². The summed E-state index contributed by atoms with van der Waals surface area (Å²) >= 11 is 11.8. The highest BCUT2D eigenvalue weighted by atomic mass is 35.5. The maximum atomic E-state index is 11.9. The fraction of sp³-hybridized carbons (Fsp3) is 0.529. The minimum atomic E-state index is -0.286. The lowest BCUT2D eigenvalue weighted by Crippen LogP contribution is -2.42. The monoisotopic (exact) mass is 388 g/mol. The number of benzene rings is 1. The van der Waals surface area contributed by atoms with E-state index in [9.17, 15) is 9.59 Å². The fourth-order valence-corrected chi connectivity index (χ4v) is 2.99. The predicted octanol–water partition coefficient (Wildman–Crippen LogP) is 2.52. The molecule has 0 saturated carbocycles. The van der Waals surface area contributed by atoms with Crippen molar-refractivity contribution in [1.29, 1.82) is 0 Å². The Labute approximate surface area is 157 Å². The Balaban J connectivity index is 1.70. The summed E-state index contributed by atoms with van der Waals surface area (Å²) in [5, 5.41) is 3.57. The molecule has 1 fully saturated rings. The summed E-state index contributed by atoms with van der Waals surface area (Å²) in [6.07, 6.45) is 2.08. The highest BCUT2D eigenvalue weighted by Crippen LogP contribution is 2.27. The van der Waals surface area contributed by atoms with Crippen LogP contribution in [0.5, 0.6) is 5.75 Å². The molecule has 1 aromatic rings. The predicted molar refractivity (Wildman–Crippen MR) is 96.2 cm³/mol. The van der Waals surface area contributed by atoms with Gasteiger partial charge in [-0.2, -0.15) is 0 Å². The molecule has 1 aliphatic heterocycles. The summed E-state index contributed by atoms with van der Waals surface area (Å²) in [6, 6.07) is 4.79. The van der Waals surface area contributed by atoms with Crippen LogP contribution in [-0.2, 0) is 14.3 Å². The molecule has 8 heteroatoms. The molecule has 0 bridgehead atoms. The van der Waals surface area contributed by atoms with Gasteiger partial charge in [-0.3, -0.25) is 9.59 Å². The first-order chi connectivity index (χ1) is 12.0. The van der Waals surface area contributed by atoms with Crippen molar-refractivity contribution in [2.45, 2.75) is 25.9 Å². The molecule has 2 amide bonds. The van der Waals surface area contributed by atoms with Gasteiger partial charge in [0.25, 0.3) is 5.91 Å². The van der Waals surface area contributed by atoms with E-state index in [1.165, 1.54) is 6.92 Å². The standard InChI is InChI=1S/C17H22Cl2N2O4/c1-12(22)21(10-14-3-2-8-24-14)7-6-20-17(23)11-25-16-5-4-13(18)9-15(16)19/h4-5,9,14H,2-3,6-8,10-11H2,1H3,(H,20,23). The van der Waals surface area contributed by atoms with Crippen molar-refractivity contribution < 1.29 is 19.1 Å². The van der Waals surface area contributed by atoms with Crippen LogP contribution in [0.1, 0.15) is 19.8 Å². The van der Waals surface area contributed by atoms with Crippen LogP contribution in [0.2, 0.25) is 10.0 Å². The van der Waals surface area contributed by atoms with Gasteiger partial charge in [-0.1, -0.05) is 23.2 Å². The van der Waals surface area contributed by atoms with Crippen LogP contribution in [0.3, 0.4) is 0 Å². The summed E-state index contributed by atoms with van der Waals surface area (Å²) in [5.74, 6) is 0.0746. The van der Waals surface area contributed by atoms with E-state index in [4.69, 9.17) is 32.7 Å². The van der Waals surface area contributed by atoms with E-state index >= 15 is 0 Å². The average molecular weight is 389 g/mol. The number of halogens is 2. The largest absolute Gasteiger partial charge is 0.482 e. The third-order valence-electron chi connectivity index (χ3n) is 3.85. The number of carbonyl (C=O) groups excluding carboxylic acids is 2. The molecule has 0 aromatic heterocycles. The molecular formula is C17H22Cl2N2O4. The number of amides is 2. The lowest BCUT2D eigenvalue weighted by atomic mass is 10.2. The summed E-state index contributed by atoms with van der Waals surface area (Å²) in [4.78, 5) is 25.2. The van der Waals surface area contributed by atoms with Gasteiger partial charge in [-0.05, 0) is 31.0 Å². The van der Waals surface area contributed by atoms with Gasteiger partial charge in [0.1, 0.15) is 5.75 Å². The van der Waals surface area contributed by atoms with E-state index in [2.05, 4.69) is 5.32 Å². The van der Waals surface area contributed by atoms with Crippen molar-refractivity contribution in [3.05, 3.63) is 28.2 Å². The smallest absolute Gasteiger partial charge is 0.258 e. The number of carbonyl (C=O) groups is 2. The molecule has 138 valence electrons. The van der Waals surface area contributed by atoms with Crippen molar-refractivity contribution in [2.75, 3.05) is 32.8 Å². The van der Waals surface area contributed by atoms with Gasteiger partial charge in [-0.15, -0.1) is 0 Å². The van der Waals surface area contributed by atoms with E-state index in [0.29, 0.717) is 35.4 Å². The van der Waals surface area contributed by atoms with Crippen LogP contribution in [0.25, 0.3) is 0 Å². The molecule has 1 heterocycles. The number of nitrogens with zero attached hydrogens (tertiary/aromatic N) is 1. The zero-order valence-corrected chi connectivity index (χ0v) is 15.6. The van der Waals surface area contributed by atoms with Crippen LogP contribution in [0.4, 0.5) is 0 Å². The summed E-state index contributed by atoms with van der Waals surface area (Å²) in [6.45, 7) is 3.45. The molecule has 1 aliphatic rings. The molecule has 6 nitrogen and oxygen atoms in total. The molecular weight excluding hydrogens is 367 g/mol. The van der Waals surface area contributed by atoms with Gasteiger partial charge in [0.05, 0.1) is 11.1 Å². The Morgan fingerprint density at radius 1 is 1.40 bits per heavy atom. The first-order valence-corrected chi connectivity index (χ1v) is 8.93. The molecule has 25 heavy (non-hydrogen) atoms. The molecule has 0 aliphatic carbocycles. The molecule has 1 N–H and O–H groups in total. The van der Waals surface area contributed by atoms with Crippen LogP contribution < -0.4 is 10.1 Å². The minimum absolute atomic E-state index is 0.0334. The van der Waals surface area contributed by atoms with Crippen molar-refractivity contribution in [3.8, 4) is 5.75 Å². The minimum Gasteiger partial charge on any atom is -0.482 e. The molecule has 1 atom stereocenters. The highest BCUT2D eigenvalue weighted by Gasteiger charge is 2.20.